The average Bonchev–Trinajstić information content (AvgIpc) is 2.29. The first-order chi connectivity index (χ1) is 8.08. The smallest absolute Gasteiger partial charge is 0.121 e. The molecule has 0 radical (unpaired) electrons. The van der Waals surface area contributed by atoms with Crippen molar-refractivity contribution in [3.05, 3.63) is 28.8 Å². The Kier molecular flexibility index (Phi) is 3.72. The third-order valence-corrected chi connectivity index (χ3v) is 3.88. The summed E-state index contributed by atoms with van der Waals surface area (Å²) in [5.74, 6) is 0.445. The highest BCUT2D eigenvalue weighted by Gasteiger charge is 2.18. The maximum atomic E-state index is 9.77. The minimum absolute atomic E-state index is 0.445. The number of nitrogens with zero attached hydrogens (tertiary/aromatic N) is 1. The molecule has 0 saturated carbocycles. The van der Waals surface area contributed by atoms with Crippen LogP contribution in [0.2, 0.25) is 0 Å². The summed E-state index contributed by atoms with van der Waals surface area (Å²) >= 11 is 0. The van der Waals surface area contributed by atoms with Gasteiger partial charge in [-0.15, -0.1) is 0 Å². The standard InChI is InChI=1S/C15H23NO/c1-11-8-14(9-12(2)15(11)17)10-16-7-5-4-6-13(16)3/h8-9,13,17H,4-7,10H2,1-3H3. The molecule has 1 N–H and O–H groups in total. The Labute approximate surface area is 104 Å². The van der Waals surface area contributed by atoms with E-state index >= 15 is 0 Å². The lowest BCUT2D eigenvalue weighted by molar-refractivity contribution is 0.152. The molecule has 0 aromatic heterocycles. The fourth-order valence-electron chi connectivity index (χ4n) is 2.76. The molecule has 1 aliphatic rings. The number of hydrogen-bond acceptors (Lipinski definition) is 2. The molecule has 17 heavy (non-hydrogen) atoms. The molecule has 1 saturated heterocycles. The van der Waals surface area contributed by atoms with E-state index in [-0.39, 0.29) is 0 Å². The second kappa shape index (κ2) is 5.09. The lowest BCUT2D eigenvalue weighted by Crippen LogP contribution is -2.36. The van der Waals surface area contributed by atoms with Gasteiger partial charge in [0.05, 0.1) is 0 Å². The molecule has 1 aliphatic heterocycles. The summed E-state index contributed by atoms with van der Waals surface area (Å²) in [4.78, 5) is 2.55. The molecule has 1 heterocycles. The molecule has 2 rings (SSSR count). The SMILES string of the molecule is Cc1cc(CN2CCCCC2C)cc(C)c1O. The largest absolute Gasteiger partial charge is 0.507 e. The third kappa shape index (κ3) is 2.81. The van der Waals surface area contributed by atoms with E-state index in [2.05, 4.69) is 24.0 Å². The van der Waals surface area contributed by atoms with E-state index in [1.54, 1.807) is 0 Å². The number of hydrogen-bond donors (Lipinski definition) is 1. The molecule has 0 bridgehead atoms. The van der Waals surface area contributed by atoms with Crippen molar-refractivity contribution < 1.29 is 5.11 Å². The second-order valence-corrected chi connectivity index (χ2v) is 5.39. The van der Waals surface area contributed by atoms with Gasteiger partial charge in [0.2, 0.25) is 0 Å². The van der Waals surface area contributed by atoms with E-state index in [0.717, 1.165) is 17.7 Å². The first-order valence-corrected chi connectivity index (χ1v) is 6.61. The van der Waals surface area contributed by atoms with Crippen LogP contribution in [0.5, 0.6) is 5.75 Å². The zero-order valence-corrected chi connectivity index (χ0v) is 11.2. The molecule has 1 aromatic rings. The second-order valence-electron chi connectivity index (χ2n) is 5.39. The lowest BCUT2D eigenvalue weighted by atomic mass is 10.0. The van der Waals surface area contributed by atoms with E-state index in [4.69, 9.17) is 0 Å². The van der Waals surface area contributed by atoms with Gasteiger partial charge in [0.25, 0.3) is 0 Å². The summed E-state index contributed by atoms with van der Waals surface area (Å²) in [7, 11) is 0. The fourth-order valence-corrected chi connectivity index (χ4v) is 2.76. The number of phenolic OH excluding ortho intramolecular Hbond substituents is 1. The zero-order valence-electron chi connectivity index (χ0n) is 11.2. The summed E-state index contributed by atoms with van der Waals surface area (Å²) in [6, 6.07) is 4.92. The number of phenols is 1. The summed E-state index contributed by atoms with van der Waals surface area (Å²) in [6.07, 6.45) is 4.00. The highest BCUT2D eigenvalue weighted by Crippen LogP contribution is 2.25. The van der Waals surface area contributed by atoms with E-state index in [1.165, 1.54) is 31.4 Å². The van der Waals surface area contributed by atoms with Crippen molar-refractivity contribution >= 4 is 0 Å². The monoisotopic (exact) mass is 233 g/mol. The van der Waals surface area contributed by atoms with E-state index in [1.807, 2.05) is 13.8 Å². The van der Waals surface area contributed by atoms with E-state index < -0.39 is 0 Å². The summed E-state index contributed by atoms with van der Waals surface area (Å²) in [5, 5.41) is 9.77. The molecule has 1 unspecified atom stereocenters. The molecule has 1 atom stereocenters. The topological polar surface area (TPSA) is 23.5 Å². The quantitative estimate of drug-likeness (QED) is 0.846. The summed E-state index contributed by atoms with van der Waals surface area (Å²) in [6.45, 7) is 8.50. The third-order valence-electron chi connectivity index (χ3n) is 3.88. The van der Waals surface area contributed by atoms with Crippen molar-refractivity contribution in [1.29, 1.82) is 0 Å². The molecule has 2 heteroatoms. The van der Waals surface area contributed by atoms with Crippen LogP contribution in [-0.2, 0) is 6.54 Å². The molecule has 1 fully saturated rings. The van der Waals surface area contributed by atoms with Gasteiger partial charge in [0, 0.05) is 12.6 Å². The number of benzene rings is 1. The molecule has 2 nitrogen and oxygen atoms in total. The highest BCUT2D eigenvalue weighted by atomic mass is 16.3. The van der Waals surface area contributed by atoms with Crippen molar-refractivity contribution in [2.45, 2.75) is 52.6 Å². The maximum absolute atomic E-state index is 9.77. The zero-order chi connectivity index (χ0) is 12.4. The number of rotatable bonds is 2. The van der Waals surface area contributed by atoms with Gasteiger partial charge in [-0.2, -0.15) is 0 Å². The molecule has 0 aliphatic carbocycles. The van der Waals surface area contributed by atoms with E-state index in [9.17, 15) is 5.11 Å². The van der Waals surface area contributed by atoms with Crippen LogP contribution in [-0.4, -0.2) is 22.6 Å². The normalized spacial score (nSPS) is 21.7. The minimum atomic E-state index is 0.445. The Morgan fingerprint density at radius 1 is 1.24 bits per heavy atom. The van der Waals surface area contributed by atoms with Crippen LogP contribution in [0.1, 0.15) is 42.9 Å². The van der Waals surface area contributed by atoms with Gasteiger partial charge in [-0.3, -0.25) is 4.90 Å². The lowest BCUT2D eigenvalue weighted by Gasteiger charge is -2.33. The van der Waals surface area contributed by atoms with Crippen molar-refractivity contribution in [3.63, 3.8) is 0 Å². The van der Waals surface area contributed by atoms with Gasteiger partial charge in [-0.05, 0) is 56.8 Å². The molecular formula is C15H23NO. The summed E-state index contributed by atoms with van der Waals surface area (Å²) in [5.41, 5.74) is 3.31. The molecule has 0 amide bonds. The Morgan fingerprint density at radius 2 is 1.88 bits per heavy atom. The molecular weight excluding hydrogens is 210 g/mol. The number of piperidine rings is 1. The number of aromatic hydroxyl groups is 1. The van der Waals surface area contributed by atoms with Crippen molar-refractivity contribution in [2.75, 3.05) is 6.54 Å². The van der Waals surface area contributed by atoms with Gasteiger partial charge in [-0.1, -0.05) is 18.6 Å². The van der Waals surface area contributed by atoms with Gasteiger partial charge in [-0.25, -0.2) is 0 Å². The Balaban J connectivity index is 2.12. The highest BCUT2D eigenvalue weighted by molar-refractivity contribution is 5.42. The fraction of sp³-hybridized carbons (Fsp3) is 0.600. The van der Waals surface area contributed by atoms with Gasteiger partial charge >= 0.3 is 0 Å². The summed E-state index contributed by atoms with van der Waals surface area (Å²) < 4.78 is 0. The molecule has 94 valence electrons. The average molecular weight is 233 g/mol. The predicted octanol–water partition coefficient (Wildman–Crippen LogP) is 3.38. The number of aryl methyl sites for hydroxylation is 2. The first kappa shape index (κ1) is 12.4. The first-order valence-electron chi connectivity index (χ1n) is 6.61. The van der Waals surface area contributed by atoms with E-state index in [0.29, 0.717) is 11.8 Å². The Morgan fingerprint density at radius 3 is 2.47 bits per heavy atom. The van der Waals surface area contributed by atoms with Crippen LogP contribution in [0.3, 0.4) is 0 Å². The minimum Gasteiger partial charge on any atom is -0.507 e. The van der Waals surface area contributed by atoms with Gasteiger partial charge in [0.15, 0.2) is 0 Å². The van der Waals surface area contributed by atoms with Gasteiger partial charge < -0.3 is 5.11 Å². The van der Waals surface area contributed by atoms with Crippen LogP contribution >= 0.6 is 0 Å². The van der Waals surface area contributed by atoms with Crippen LogP contribution in [0, 0.1) is 13.8 Å². The van der Waals surface area contributed by atoms with Crippen LogP contribution in [0.4, 0.5) is 0 Å². The Hall–Kier alpha value is -1.02. The predicted molar refractivity (Wildman–Crippen MR) is 71.3 cm³/mol. The van der Waals surface area contributed by atoms with Crippen LogP contribution in [0.15, 0.2) is 12.1 Å². The van der Waals surface area contributed by atoms with Crippen molar-refractivity contribution in [3.8, 4) is 5.75 Å². The molecule has 1 aromatic carbocycles. The maximum Gasteiger partial charge on any atom is 0.121 e. The Bertz CT molecular complexity index is 377. The van der Waals surface area contributed by atoms with Crippen molar-refractivity contribution in [1.82, 2.24) is 4.90 Å². The van der Waals surface area contributed by atoms with Gasteiger partial charge in [0.1, 0.15) is 5.75 Å². The van der Waals surface area contributed by atoms with Crippen molar-refractivity contribution in [2.24, 2.45) is 0 Å². The van der Waals surface area contributed by atoms with Crippen LogP contribution in [0.25, 0.3) is 0 Å². The molecule has 0 spiro atoms. The number of likely N-dealkylation sites (tertiary alicyclic amines) is 1. The van der Waals surface area contributed by atoms with Crippen LogP contribution < -0.4 is 0 Å².